The minimum absolute atomic E-state index is 0.770. The molecule has 0 unspecified atom stereocenters. The van der Waals surface area contributed by atoms with E-state index in [2.05, 4.69) is 18.5 Å². The molecule has 0 aliphatic carbocycles. The van der Waals surface area contributed by atoms with Crippen molar-refractivity contribution < 1.29 is 0 Å². The van der Waals surface area contributed by atoms with Gasteiger partial charge in [0.2, 0.25) is 0 Å². The smallest absolute Gasteiger partial charge is 0.0383 e. The Morgan fingerprint density at radius 3 is 2.85 bits per heavy atom. The molecule has 1 heterocycles. The van der Waals surface area contributed by atoms with Gasteiger partial charge in [0, 0.05) is 21.3 Å². The summed E-state index contributed by atoms with van der Waals surface area (Å²) in [6.07, 6.45) is 4.85. The first-order valence-corrected chi connectivity index (χ1v) is 4.73. The lowest BCUT2D eigenvalue weighted by atomic mass is 10.3. The number of rotatable bonds is 2. The van der Waals surface area contributed by atoms with Gasteiger partial charge in [-0.3, -0.25) is 0 Å². The van der Waals surface area contributed by atoms with Crippen molar-refractivity contribution >= 4 is 24.3 Å². The summed E-state index contributed by atoms with van der Waals surface area (Å²) < 4.78 is 0. The van der Waals surface area contributed by atoms with Gasteiger partial charge in [0.05, 0.1) is 0 Å². The molecule has 1 N–H and O–H groups in total. The molecular weight excluding hydrogens is 182 g/mol. The normalized spacial score (nSPS) is 13.8. The Morgan fingerprint density at radius 2 is 2.38 bits per heavy atom. The van der Waals surface area contributed by atoms with Crippen LogP contribution in [0.3, 0.4) is 0 Å². The second-order valence-electron chi connectivity index (χ2n) is 3.03. The molecule has 0 saturated carbocycles. The molecule has 1 rings (SSSR count). The summed E-state index contributed by atoms with van der Waals surface area (Å²) in [6, 6.07) is 2.04. The molecule has 13 heavy (non-hydrogen) atoms. The number of halogens is 1. The molecule has 0 aliphatic heterocycles. The van der Waals surface area contributed by atoms with E-state index >= 15 is 0 Å². The molecule has 0 aliphatic rings. The van der Waals surface area contributed by atoms with E-state index in [1.165, 1.54) is 0 Å². The monoisotopic (exact) mass is 195 g/mol. The molecule has 1 aromatic rings. The number of aromatic nitrogens is 1. The van der Waals surface area contributed by atoms with Crippen LogP contribution in [0.25, 0.3) is 12.7 Å². The van der Waals surface area contributed by atoms with Gasteiger partial charge in [0.25, 0.3) is 0 Å². The average molecular weight is 196 g/mol. The minimum atomic E-state index is 0.770. The lowest BCUT2D eigenvalue weighted by Gasteiger charge is -1.84. The van der Waals surface area contributed by atoms with Gasteiger partial charge in [-0.05, 0) is 25.5 Å². The van der Waals surface area contributed by atoms with E-state index in [1.807, 2.05) is 25.1 Å². The maximum atomic E-state index is 5.96. The second-order valence-corrected chi connectivity index (χ2v) is 3.46. The topological polar surface area (TPSA) is 15.8 Å². The molecule has 0 bridgehead atoms. The third-order valence-electron chi connectivity index (χ3n) is 1.76. The number of allylic oxidation sites excluding steroid dienone is 2. The van der Waals surface area contributed by atoms with Gasteiger partial charge in [0.15, 0.2) is 0 Å². The van der Waals surface area contributed by atoms with Crippen LogP contribution in [0.1, 0.15) is 19.0 Å². The Bertz CT molecular complexity index is 412. The molecular formula is C11H14ClN. The second kappa shape index (κ2) is 4.33. The van der Waals surface area contributed by atoms with Crippen molar-refractivity contribution in [3.63, 3.8) is 0 Å². The van der Waals surface area contributed by atoms with Gasteiger partial charge in [-0.2, -0.15) is 0 Å². The highest BCUT2D eigenvalue weighted by Crippen LogP contribution is 2.03. The molecule has 0 aromatic carbocycles. The van der Waals surface area contributed by atoms with Crippen LogP contribution < -0.4 is 10.6 Å². The zero-order valence-electron chi connectivity index (χ0n) is 8.02. The van der Waals surface area contributed by atoms with Gasteiger partial charge in [0.1, 0.15) is 0 Å². The van der Waals surface area contributed by atoms with Crippen molar-refractivity contribution in [1.82, 2.24) is 4.98 Å². The lowest BCUT2D eigenvalue weighted by Crippen LogP contribution is -2.19. The van der Waals surface area contributed by atoms with E-state index in [0.29, 0.717) is 0 Å². The molecule has 2 heteroatoms. The summed E-state index contributed by atoms with van der Waals surface area (Å²) in [7, 11) is 0. The maximum Gasteiger partial charge on any atom is 0.0383 e. The van der Waals surface area contributed by atoms with Crippen LogP contribution in [-0.4, -0.2) is 4.98 Å². The number of hydrogen-bond acceptors (Lipinski definition) is 0. The van der Waals surface area contributed by atoms with Crippen LogP contribution in [0.4, 0.5) is 0 Å². The van der Waals surface area contributed by atoms with E-state index in [9.17, 15) is 0 Å². The summed E-state index contributed by atoms with van der Waals surface area (Å²) in [5, 5.41) is 2.75. The van der Waals surface area contributed by atoms with Crippen molar-refractivity contribution in [1.29, 1.82) is 0 Å². The Labute approximate surface area is 83.4 Å². The molecule has 70 valence electrons. The highest BCUT2D eigenvalue weighted by molar-refractivity contribution is 6.33. The van der Waals surface area contributed by atoms with E-state index in [0.717, 1.165) is 27.7 Å². The highest BCUT2D eigenvalue weighted by atomic mass is 35.5. The van der Waals surface area contributed by atoms with E-state index in [4.69, 9.17) is 11.6 Å². The Balaban J connectivity index is 3.14. The van der Waals surface area contributed by atoms with Crippen LogP contribution in [0.2, 0.25) is 0 Å². The quantitative estimate of drug-likeness (QED) is 0.744. The van der Waals surface area contributed by atoms with Crippen molar-refractivity contribution in [2.45, 2.75) is 20.3 Å². The molecule has 0 saturated heterocycles. The van der Waals surface area contributed by atoms with Gasteiger partial charge in [-0.25, -0.2) is 0 Å². The van der Waals surface area contributed by atoms with E-state index < -0.39 is 0 Å². The molecule has 1 nitrogen and oxygen atoms in total. The van der Waals surface area contributed by atoms with Gasteiger partial charge >= 0.3 is 0 Å². The Kier molecular flexibility index (Phi) is 3.38. The summed E-state index contributed by atoms with van der Waals surface area (Å²) >= 11 is 5.96. The van der Waals surface area contributed by atoms with Crippen molar-refractivity contribution in [2.24, 2.45) is 0 Å². The van der Waals surface area contributed by atoms with Crippen LogP contribution in [0.5, 0.6) is 0 Å². The average Bonchev–Trinajstić information content (AvgIpc) is 2.30. The number of aryl methyl sites for hydroxylation is 1. The molecule has 0 fully saturated rings. The fraction of sp³-hybridized carbons (Fsp3) is 0.273. The largest absolute Gasteiger partial charge is 0.359 e. The Morgan fingerprint density at radius 1 is 1.69 bits per heavy atom. The summed E-state index contributed by atoms with van der Waals surface area (Å²) in [4.78, 5) is 3.13. The molecule has 0 spiro atoms. The van der Waals surface area contributed by atoms with Crippen LogP contribution in [0, 0.1) is 6.92 Å². The molecule has 0 atom stereocenters. The van der Waals surface area contributed by atoms with E-state index in [1.54, 1.807) is 0 Å². The highest BCUT2D eigenvalue weighted by Gasteiger charge is 1.90. The van der Waals surface area contributed by atoms with Crippen molar-refractivity contribution in [2.75, 3.05) is 0 Å². The van der Waals surface area contributed by atoms with E-state index in [-0.39, 0.29) is 0 Å². The summed E-state index contributed by atoms with van der Waals surface area (Å²) in [5.74, 6) is 0. The zero-order valence-corrected chi connectivity index (χ0v) is 8.78. The van der Waals surface area contributed by atoms with Gasteiger partial charge < -0.3 is 4.98 Å². The first-order chi connectivity index (χ1) is 6.13. The summed E-state index contributed by atoms with van der Waals surface area (Å²) in [5.41, 5.74) is 1.11. The van der Waals surface area contributed by atoms with Crippen molar-refractivity contribution in [3.8, 4) is 0 Å². The third-order valence-corrected chi connectivity index (χ3v) is 2.02. The predicted octanol–water partition coefficient (Wildman–Crippen LogP) is 2.05. The molecule has 0 radical (unpaired) electrons. The fourth-order valence-corrected chi connectivity index (χ4v) is 1.47. The SMILES string of the molecule is C=c1[nH]c(C)c/c1=C/C(Cl)=C\CC. The lowest BCUT2D eigenvalue weighted by molar-refractivity contribution is 1.22. The van der Waals surface area contributed by atoms with Gasteiger partial charge in [-0.15, -0.1) is 0 Å². The molecule has 0 amide bonds. The predicted molar refractivity (Wildman–Crippen MR) is 59.0 cm³/mol. The number of aromatic amines is 1. The fourth-order valence-electron chi connectivity index (χ4n) is 1.20. The standard InChI is InChI=1S/C11H14ClN/c1-4-5-11(12)7-10-6-8(2)13-9(10)3/h5-7,13H,3-4H2,1-2H3/b10-7-,11-5+. The van der Waals surface area contributed by atoms with Crippen LogP contribution >= 0.6 is 11.6 Å². The number of H-pyrrole nitrogens is 1. The molecule has 1 aromatic heterocycles. The third kappa shape index (κ3) is 2.78. The van der Waals surface area contributed by atoms with Crippen molar-refractivity contribution in [3.05, 3.63) is 33.4 Å². The Hall–Kier alpha value is -0.950. The number of hydrogen-bond donors (Lipinski definition) is 1. The minimum Gasteiger partial charge on any atom is -0.359 e. The number of nitrogens with one attached hydrogen (secondary N) is 1. The first kappa shape index (κ1) is 10.1. The van der Waals surface area contributed by atoms with Crippen LogP contribution in [0.15, 0.2) is 17.2 Å². The zero-order chi connectivity index (χ0) is 9.84. The summed E-state index contributed by atoms with van der Waals surface area (Å²) in [6.45, 7) is 7.94. The van der Waals surface area contributed by atoms with Gasteiger partial charge in [-0.1, -0.05) is 31.2 Å². The first-order valence-electron chi connectivity index (χ1n) is 4.35. The maximum absolute atomic E-state index is 5.96. The van der Waals surface area contributed by atoms with Crippen LogP contribution in [-0.2, 0) is 0 Å².